The molecule has 0 atom stereocenters. The topological polar surface area (TPSA) is 47.1 Å². The lowest BCUT2D eigenvalue weighted by atomic mass is 10.1. The minimum Gasteiger partial charge on any atom is -0.368 e. The van der Waals surface area contributed by atoms with Crippen molar-refractivity contribution in [2.24, 2.45) is 0 Å². The molecule has 0 N–H and O–H groups in total. The predicted molar refractivity (Wildman–Crippen MR) is 98.9 cm³/mol. The Balaban J connectivity index is 1.55. The van der Waals surface area contributed by atoms with Crippen LogP contribution in [0.25, 0.3) is 0 Å². The van der Waals surface area contributed by atoms with Crippen LogP contribution in [-0.4, -0.2) is 79.0 Å². The van der Waals surface area contributed by atoms with Gasteiger partial charge in [-0.15, -0.1) is 0 Å². The van der Waals surface area contributed by atoms with Gasteiger partial charge in [-0.2, -0.15) is 0 Å². The molecule has 6 nitrogen and oxygen atoms in total. The summed E-state index contributed by atoms with van der Waals surface area (Å²) in [5.41, 5.74) is 3.91. The zero-order valence-corrected chi connectivity index (χ0v) is 15.5. The van der Waals surface area contributed by atoms with Gasteiger partial charge in [0.2, 0.25) is 5.91 Å². The second-order valence-electron chi connectivity index (χ2n) is 6.97. The van der Waals surface area contributed by atoms with E-state index in [2.05, 4.69) is 36.9 Å². The van der Waals surface area contributed by atoms with Gasteiger partial charge < -0.3 is 19.6 Å². The number of carbonyl (C=O) groups excluding carboxylic acids is 2. The molecule has 0 bridgehead atoms. The fourth-order valence-electron chi connectivity index (χ4n) is 3.63. The van der Waals surface area contributed by atoms with Crippen molar-refractivity contribution in [3.63, 3.8) is 0 Å². The van der Waals surface area contributed by atoms with Crippen LogP contribution >= 0.6 is 0 Å². The minimum atomic E-state index is 0.0919. The lowest BCUT2D eigenvalue weighted by Gasteiger charge is -2.41. The van der Waals surface area contributed by atoms with Gasteiger partial charge in [-0.3, -0.25) is 4.79 Å². The maximum Gasteiger partial charge on any atom is 0.320 e. The van der Waals surface area contributed by atoms with E-state index in [1.54, 1.807) is 6.92 Å². The van der Waals surface area contributed by atoms with Gasteiger partial charge >= 0.3 is 6.03 Å². The second kappa shape index (κ2) is 7.33. The molecule has 1 aromatic rings. The van der Waals surface area contributed by atoms with E-state index in [9.17, 15) is 9.59 Å². The van der Waals surface area contributed by atoms with Crippen LogP contribution in [0.2, 0.25) is 0 Å². The summed E-state index contributed by atoms with van der Waals surface area (Å²) >= 11 is 0. The maximum atomic E-state index is 12.7. The number of benzene rings is 1. The second-order valence-corrected chi connectivity index (χ2v) is 6.97. The number of aryl methyl sites for hydroxylation is 1. The van der Waals surface area contributed by atoms with Gasteiger partial charge in [-0.1, -0.05) is 12.1 Å². The van der Waals surface area contributed by atoms with Crippen molar-refractivity contribution in [3.8, 4) is 0 Å². The lowest BCUT2D eigenvalue weighted by molar-refractivity contribution is -0.130. The van der Waals surface area contributed by atoms with Crippen molar-refractivity contribution in [2.75, 3.05) is 57.3 Å². The van der Waals surface area contributed by atoms with E-state index in [1.165, 1.54) is 16.8 Å². The van der Waals surface area contributed by atoms with E-state index in [4.69, 9.17) is 0 Å². The van der Waals surface area contributed by atoms with Crippen LogP contribution in [0.3, 0.4) is 0 Å². The third kappa shape index (κ3) is 3.72. The van der Waals surface area contributed by atoms with E-state index in [1.807, 2.05) is 14.7 Å². The summed E-state index contributed by atoms with van der Waals surface area (Å²) in [7, 11) is 0. The molecule has 0 unspecified atom stereocenters. The van der Waals surface area contributed by atoms with Gasteiger partial charge in [0, 0.05) is 65.0 Å². The molecule has 3 amide bonds. The van der Waals surface area contributed by atoms with Crippen molar-refractivity contribution in [1.82, 2.24) is 14.7 Å². The van der Waals surface area contributed by atoms with Gasteiger partial charge in [0.05, 0.1) is 0 Å². The van der Waals surface area contributed by atoms with Gasteiger partial charge in [-0.05, 0) is 31.0 Å². The number of urea groups is 1. The molecule has 2 aliphatic heterocycles. The minimum absolute atomic E-state index is 0.0919. The Morgan fingerprint density at radius 2 is 1.32 bits per heavy atom. The van der Waals surface area contributed by atoms with E-state index in [-0.39, 0.29) is 11.9 Å². The first kappa shape index (κ1) is 17.6. The van der Waals surface area contributed by atoms with E-state index >= 15 is 0 Å². The standard InChI is InChI=1S/C19H28N4O2/c1-15-5-4-6-18(16(15)2)21-9-13-23(14-10-21)19(25)22-11-7-20(8-12-22)17(3)24/h4-6H,7-14H2,1-3H3. The van der Waals surface area contributed by atoms with Crippen LogP contribution in [0.5, 0.6) is 0 Å². The molecule has 2 fully saturated rings. The van der Waals surface area contributed by atoms with Gasteiger partial charge in [0.25, 0.3) is 0 Å². The van der Waals surface area contributed by atoms with Crippen molar-refractivity contribution < 1.29 is 9.59 Å². The van der Waals surface area contributed by atoms with Crippen LogP contribution in [0, 0.1) is 13.8 Å². The Labute approximate surface area is 150 Å². The van der Waals surface area contributed by atoms with Crippen LogP contribution < -0.4 is 4.90 Å². The molecule has 0 aromatic heterocycles. The SMILES string of the molecule is CC(=O)N1CCN(C(=O)N2CCN(c3cccc(C)c3C)CC2)CC1. The summed E-state index contributed by atoms with van der Waals surface area (Å²) in [5, 5.41) is 0. The summed E-state index contributed by atoms with van der Waals surface area (Å²) in [4.78, 5) is 32.1. The molecule has 2 saturated heterocycles. The number of nitrogens with zero attached hydrogens (tertiary/aromatic N) is 4. The van der Waals surface area contributed by atoms with Crippen molar-refractivity contribution in [1.29, 1.82) is 0 Å². The van der Waals surface area contributed by atoms with E-state index in [0.29, 0.717) is 26.2 Å². The van der Waals surface area contributed by atoms with Crippen LogP contribution in [0.15, 0.2) is 18.2 Å². The number of rotatable bonds is 1. The smallest absolute Gasteiger partial charge is 0.320 e. The first-order valence-corrected chi connectivity index (χ1v) is 9.08. The fourth-order valence-corrected chi connectivity index (χ4v) is 3.63. The number of anilines is 1. The zero-order valence-electron chi connectivity index (χ0n) is 15.5. The highest BCUT2D eigenvalue weighted by molar-refractivity contribution is 5.76. The highest BCUT2D eigenvalue weighted by Crippen LogP contribution is 2.24. The summed E-state index contributed by atoms with van der Waals surface area (Å²) < 4.78 is 0. The number of hydrogen-bond donors (Lipinski definition) is 0. The number of carbonyl (C=O) groups is 2. The molecule has 2 heterocycles. The third-order valence-corrected chi connectivity index (χ3v) is 5.46. The summed E-state index contributed by atoms with van der Waals surface area (Å²) in [5.74, 6) is 0.0919. The highest BCUT2D eigenvalue weighted by Gasteiger charge is 2.28. The molecular weight excluding hydrogens is 316 g/mol. The van der Waals surface area contributed by atoms with Gasteiger partial charge in [-0.25, -0.2) is 4.79 Å². The first-order valence-electron chi connectivity index (χ1n) is 9.08. The predicted octanol–water partition coefficient (Wildman–Crippen LogP) is 1.71. The van der Waals surface area contributed by atoms with E-state index < -0.39 is 0 Å². The van der Waals surface area contributed by atoms with Crippen molar-refractivity contribution >= 4 is 17.6 Å². The summed E-state index contributed by atoms with van der Waals surface area (Å²) in [6, 6.07) is 6.52. The monoisotopic (exact) mass is 344 g/mol. The Kier molecular flexibility index (Phi) is 5.16. The largest absolute Gasteiger partial charge is 0.368 e. The van der Waals surface area contributed by atoms with Gasteiger partial charge in [0.15, 0.2) is 0 Å². The maximum absolute atomic E-state index is 12.7. The normalized spacial score (nSPS) is 18.5. The average molecular weight is 344 g/mol. The summed E-state index contributed by atoms with van der Waals surface area (Å²) in [6.07, 6.45) is 0. The van der Waals surface area contributed by atoms with Crippen LogP contribution in [0.1, 0.15) is 18.1 Å². The number of piperazine rings is 2. The Bertz CT molecular complexity index is 645. The molecule has 0 aliphatic carbocycles. The Morgan fingerprint density at radius 1 is 0.800 bits per heavy atom. The highest BCUT2D eigenvalue weighted by atomic mass is 16.2. The Hall–Kier alpha value is -2.24. The third-order valence-electron chi connectivity index (χ3n) is 5.46. The zero-order chi connectivity index (χ0) is 18.0. The number of amides is 3. The van der Waals surface area contributed by atoms with Crippen LogP contribution in [0.4, 0.5) is 10.5 Å². The molecule has 0 saturated carbocycles. The molecule has 6 heteroatoms. The number of hydrogen-bond acceptors (Lipinski definition) is 3. The first-order chi connectivity index (χ1) is 12.0. The van der Waals surface area contributed by atoms with Gasteiger partial charge in [0.1, 0.15) is 0 Å². The molecule has 2 aliphatic rings. The molecule has 0 spiro atoms. The molecule has 0 radical (unpaired) electrons. The Morgan fingerprint density at radius 3 is 1.88 bits per heavy atom. The van der Waals surface area contributed by atoms with Crippen LogP contribution in [-0.2, 0) is 4.79 Å². The fraction of sp³-hybridized carbons (Fsp3) is 0.579. The molecule has 25 heavy (non-hydrogen) atoms. The van der Waals surface area contributed by atoms with E-state index in [0.717, 1.165) is 26.2 Å². The van der Waals surface area contributed by atoms with Crippen molar-refractivity contribution in [2.45, 2.75) is 20.8 Å². The van der Waals surface area contributed by atoms with Crippen molar-refractivity contribution in [3.05, 3.63) is 29.3 Å². The lowest BCUT2D eigenvalue weighted by Crippen LogP contribution is -2.57. The molecule has 1 aromatic carbocycles. The molecule has 136 valence electrons. The average Bonchev–Trinajstić information content (AvgIpc) is 2.64. The quantitative estimate of drug-likeness (QED) is 0.779. The molecule has 3 rings (SSSR count). The summed E-state index contributed by atoms with van der Waals surface area (Å²) in [6.45, 7) is 11.7. The molecular formula is C19H28N4O2.